The molecule has 7 heteroatoms. The average molecular weight is 380 g/mol. The standard InChI is InChI=1S/C20H20N4O2S/c1-14-12-16(2-3-17(14)24-8-10-26-11-9-24)23-19(25)18-13-22-20(27-18)15-4-6-21-7-5-15/h2-7,12-13H,8-11H2,1H3,(H,23,25). The van der Waals surface area contributed by atoms with E-state index in [1.165, 1.54) is 17.0 Å². The van der Waals surface area contributed by atoms with Crippen LogP contribution < -0.4 is 10.2 Å². The topological polar surface area (TPSA) is 67.4 Å². The largest absolute Gasteiger partial charge is 0.378 e. The van der Waals surface area contributed by atoms with Crippen LogP contribution in [0.3, 0.4) is 0 Å². The van der Waals surface area contributed by atoms with Gasteiger partial charge in [0.1, 0.15) is 9.88 Å². The van der Waals surface area contributed by atoms with E-state index in [-0.39, 0.29) is 5.91 Å². The Hall–Kier alpha value is -2.77. The van der Waals surface area contributed by atoms with E-state index in [0.717, 1.165) is 48.1 Å². The van der Waals surface area contributed by atoms with Crippen LogP contribution in [0.2, 0.25) is 0 Å². The lowest BCUT2D eigenvalue weighted by molar-refractivity contribution is 0.103. The molecule has 27 heavy (non-hydrogen) atoms. The quantitative estimate of drug-likeness (QED) is 0.749. The minimum atomic E-state index is -0.147. The zero-order valence-corrected chi connectivity index (χ0v) is 15.8. The summed E-state index contributed by atoms with van der Waals surface area (Å²) in [4.78, 5) is 23.8. The van der Waals surface area contributed by atoms with Crippen LogP contribution in [0.1, 0.15) is 15.2 Å². The summed E-state index contributed by atoms with van der Waals surface area (Å²) in [6.07, 6.45) is 5.05. The molecule has 6 nitrogen and oxygen atoms in total. The van der Waals surface area contributed by atoms with Crippen molar-refractivity contribution in [2.45, 2.75) is 6.92 Å². The van der Waals surface area contributed by atoms with E-state index < -0.39 is 0 Å². The van der Waals surface area contributed by atoms with Crippen LogP contribution in [0.25, 0.3) is 10.6 Å². The Labute approximate surface area is 161 Å². The van der Waals surface area contributed by atoms with E-state index in [1.807, 2.05) is 24.3 Å². The van der Waals surface area contributed by atoms with Gasteiger partial charge in [-0.05, 0) is 42.8 Å². The molecule has 3 aromatic rings. The SMILES string of the molecule is Cc1cc(NC(=O)c2cnc(-c3ccncc3)s2)ccc1N1CCOCC1. The van der Waals surface area contributed by atoms with Gasteiger partial charge in [0.05, 0.1) is 19.4 Å². The van der Waals surface area contributed by atoms with Gasteiger partial charge in [0.25, 0.3) is 5.91 Å². The number of aromatic nitrogens is 2. The molecule has 138 valence electrons. The average Bonchev–Trinajstić information content (AvgIpc) is 3.20. The lowest BCUT2D eigenvalue weighted by atomic mass is 10.1. The fourth-order valence-corrected chi connectivity index (χ4v) is 3.91. The van der Waals surface area contributed by atoms with E-state index in [4.69, 9.17) is 4.74 Å². The molecule has 1 aliphatic heterocycles. The second-order valence-electron chi connectivity index (χ2n) is 6.32. The van der Waals surface area contributed by atoms with Crippen LogP contribution in [-0.2, 0) is 4.74 Å². The highest BCUT2D eigenvalue weighted by Gasteiger charge is 2.15. The van der Waals surface area contributed by atoms with Crippen LogP contribution in [0, 0.1) is 6.92 Å². The second kappa shape index (κ2) is 7.85. The fraction of sp³-hybridized carbons (Fsp3) is 0.250. The Morgan fingerprint density at radius 3 is 2.70 bits per heavy atom. The molecule has 0 unspecified atom stereocenters. The van der Waals surface area contributed by atoms with Gasteiger partial charge in [-0.2, -0.15) is 0 Å². The molecule has 1 fully saturated rings. The third-order valence-electron chi connectivity index (χ3n) is 4.46. The molecule has 1 N–H and O–H groups in total. The first-order chi connectivity index (χ1) is 13.2. The molecule has 4 rings (SSSR count). The number of ether oxygens (including phenoxy) is 1. The molecule has 0 spiro atoms. The number of rotatable bonds is 4. The fourth-order valence-electron chi connectivity index (χ4n) is 3.09. The van der Waals surface area contributed by atoms with Gasteiger partial charge in [0.2, 0.25) is 0 Å². The molecule has 1 aliphatic rings. The van der Waals surface area contributed by atoms with Crippen LogP contribution in [-0.4, -0.2) is 42.2 Å². The van der Waals surface area contributed by atoms with Crippen molar-refractivity contribution < 1.29 is 9.53 Å². The van der Waals surface area contributed by atoms with Crippen molar-refractivity contribution in [2.24, 2.45) is 0 Å². The lowest BCUT2D eigenvalue weighted by Gasteiger charge is -2.30. The summed E-state index contributed by atoms with van der Waals surface area (Å²) in [7, 11) is 0. The number of nitrogens with zero attached hydrogens (tertiary/aromatic N) is 3. The molecule has 1 aromatic carbocycles. The third-order valence-corrected chi connectivity index (χ3v) is 5.51. The van der Waals surface area contributed by atoms with E-state index in [0.29, 0.717) is 4.88 Å². The zero-order valence-electron chi connectivity index (χ0n) is 15.0. The van der Waals surface area contributed by atoms with E-state index >= 15 is 0 Å². The lowest BCUT2D eigenvalue weighted by Crippen LogP contribution is -2.36. The smallest absolute Gasteiger partial charge is 0.267 e. The number of carbonyl (C=O) groups is 1. The van der Waals surface area contributed by atoms with Gasteiger partial charge in [0.15, 0.2) is 0 Å². The van der Waals surface area contributed by atoms with Crippen LogP contribution in [0.15, 0.2) is 48.9 Å². The van der Waals surface area contributed by atoms with Crippen LogP contribution in [0.5, 0.6) is 0 Å². The number of thiazole rings is 1. The summed E-state index contributed by atoms with van der Waals surface area (Å²) < 4.78 is 5.41. The van der Waals surface area contributed by atoms with Crippen LogP contribution >= 0.6 is 11.3 Å². The molecule has 0 saturated carbocycles. The van der Waals surface area contributed by atoms with Gasteiger partial charge >= 0.3 is 0 Å². The summed E-state index contributed by atoms with van der Waals surface area (Å²) in [6, 6.07) is 9.78. The summed E-state index contributed by atoms with van der Waals surface area (Å²) in [5, 5.41) is 3.78. The summed E-state index contributed by atoms with van der Waals surface area (Å²) in [5.74, 6) is -0.147. The maximum Gasteiger partial charge on any atom is 0.267 e. The van der Waals surface area contributed by atoms with Crippen molar-refractivity contribution in [1.29, 1.82) is 0 Å². The van der Waals surface area contributed by atoms with Crippen molar-refractivity contribution in [3.8, 4) is 10.6 Å². The van der Waals surface area contributed by atoms with E-state index in [1.54, 1.807) is 18.6 Å². The van der Waals surface area contributed by atoms with E-state index in [9.17, 15) is 4.79 Å². The van der Waals surface area contributed by atoms with Gasteiger partial charge in [-0.15, -0.1) is 11.3 Å². The number of morpholine rings is 1. The Morgan fingerprint density at radius 1 is 1.19 bits per heavy atom. The molecule has 1 amide bonds. The van der Waals surface area contributed by atoms with Gasteiger partial charge in [-0.1, -0.05) is 0 Å². The molecule has 3 heterocycles. The highest BCUT2D eigenvalue weighted by Crippen LogP contribution is 2.27. The monoisotopic (exact) mass is 380 g/mol. The van der Waals surface area contributed by atoms with Gasteiger partial charge in [0, 0.05) is 42.4 Å². The van der Waals surface area contributed by atoms with Crippen molar-refractivity contribution in [2.75, 3.05) is 36.5 Å². The summed E-state index contributed by atoms with van der Waals surface area (Å²) >= 11 is 1.37. The number of nitrogens with one attached hydrogen (secondary N) is 1. The highest BCUT2D eigenvalue weighted by atomic mass is 32.1. The van der Waals surface area contributed by atoms with E-state index in [2.05, 4.69) is 33.2 Å². The summed E-state index contributed by atoms with van der Waals surface area (Å²) in [6.45, 7) is 5.36. The minimum absolute atomic E-state index is 0.147. The van der Waals surface area contributed by atoms with Crippen LogP contribution in [0.4, 0.5) is 11.4 Å². The Bertz CT molecular complexity index is 936. The third kappa shape index (κ3) is 3.99. The van der Waals surface area contributed by atoms with Crippen molar-refractivity contribution >= 4 is 28.6 Å². The molecule has 1 saturated heterocycles. The number of amides is 1. The second-order valence-corrected chi connectivity index (χ2v) is 7.35. The molecule has 0 aliphatic carbocycles. The minimum Gasteiger partial charge on any atom is -0.378 e. The molecule has 2 aromatic heterocycles. The Morgan fingerprint density at radius 2 is 1.96 bits per heavy atom. The van der Waals surface area contributed by atoms with Gasteiger partial charge in [-0.3, -0.25) is 9.78 Å². The molecule has 0 bridgehead atoms. The van der Waals surface area contributed by atoms with Crippen molar-refractivity contribution in [1.82, 2.24) is 9.97 Å². The van der Waals surface area contributed by atoms with Crippen molar-refractivity contribution in [3.05, 3.63) is 59.4 Å². The predicted molar refractivity (Wildman–Crippen MR) is 108 cm³/mol. The number of hydrogen-bond acceptors (Lipinski definition) is 6. The number of pyridine rings is 1. The maximum atomic E-state index is 12.6. The van der Waals surface area contributed by atoms with Crippen molar-refractivity contribution in [3.63, 3.8) is 0 Å². The number of hydrogen-bond donors (Lipinski definition) is 1. The molecular weight excluding hydrogens is 360 g/mol. The number of carbonyl (C=O) groups excluding carboxylic acids is 1. The summed E-state index contributed by atoms with van der Waals surface area (Å²) in [5.41, 5.74) is 4.07. The highest BCUT2D eigenvalue weighted by molar-refractivity contribution is 7.17. The number of anilines is 2. The number of aryl methyl sites for hydroxylation is 1. The molecule has 0 radical (unpaired) electrons. The normalized spacial score (nSPS) is 14.2. The predicted octanol–water partition coefficient (Wildman–Crippen LogP) is 3.60. The maximum absolute atomic E-state index is 12.6. The first-order valence-electron chi connectivity index (χ1n) is 8.81. The van der Waals surface area contributed by atoms with Gasteiger partial charge < -0.3 is 15.0 Å². The zero-order chi connectivity index (χ0) is 18.6. The first kappa shape index (κ1) is 17.6. The molecule has 0 atom stereocenters. The first-order valence-corrected chi connectivity index (χ1v) is 9.63. The number of benzene rings is 1. The Balaban J connectivity index is 1.47. The van der Waals surface area contributed by atoms with Gasteiger partial charge in [-0.25, -0.2) is 4.98 Å². The molecular formula is C20H20N4O2S. The Kier molecular flexibility index (Phi) is 5.13.